The first-order valence-corrected chi connectivity index (χ1v) is 5.85. The van der Waals surface area contributed by atoms with E-state index in [1.54, 1.807) is 0 Å². The first-order chi connectivity index (χ1) is 7.43. The van der Waals surface area contributed by atoms with Crippen LogP contribution < -0.4 is 5.73 Å². The second-order valence-corrected chi connectivity index (χ2v) is 5.02. The smallest absolute Gasteiger partial charge is 0.0656 e. The van der Waals surface area contributed by atoms with Gasteiger partial charge in [-0.25, -0.2) is 0 Å². The van der Waals surface area contributed by atoms with Crippen LogP contribution in [-0.2, 0) is 7.05 Å². The molecule has 0 bridgehead atoms. The number of nitrogens with two attached hydrogens (primary N) is 1. The van der Waals surface area contributed by atoms with E-state index in [1.165, 1.54) is 16.6 Å². The van der Waals surface area contributed by atoms with E-state index in [1.807, 2.05) is 12.1 Å². The van der Waals surface area contributed by atoms with E-state index in [0.29, 0.717) is 16.6 Å². The van der Waals surface area contributed by atoms with Crippen molar-refractivity contribution in [3.8, 4) is 0 Å². The Balaban J connectivity index is 2.88. The molecular weight excluding hydrogens is 220 g/mol. The standard InChI is InChI=1S/C13H17ClN2/c1-7(2)13-8(3)9-5-11(15)10(14)6-12(9)16(13)4/h5-7H,15H2,1-4H3. The molecule has 2 rings (SSSR count). The summed E-state index contributed by atoms with van der Waals surface area (Å²) in [6.45, 7) is 6.55. The zero-order chi connectivity index (χ0) is 12.0. The van der Waals surface area contributed by atoms with E-state index >= 15 is 0 Å². The number of aryl methyl sites for hydroxylation is 2. The highest BCUT2D eigenvalue weighted by molar-refractivity contribution is 6.33. The van der Waals surface area contributed by atoms with Crippen LogP contribution in [0.5, 0.6) is 0 Å². The van der Waals surface area contributed by atoms with E-state index in [2.05, 4.69) is 32.4 Å². The molecule has 0 fully saturated rings. The predicted molar refractivity (Wildman–Crippen MR) is 71.2 cm³/mol. The van der Waals surface area contributed by atoms with E-state index in [0.717, 1.165) is 5.52 Å². The van der Waals surface area contributed by atoms with Gasteiger partial charge in [0.15, 0.2) is 0 Å². The maximum Gasteiger partial charge on any atom is 0.0656 e. The summed E-state index contributed by atoms with van der Waals surface area (Å²) in [5.74, 6) is 0.498. The lowest BCUT2D eigenvalue weighted by Gasteiger charge is -2.08. The number of nitrogen functional groups attached to an aromatic ring is 1. The average Bonchev–Trinajstić information content (AvgIpc) is 2.41. The van der Waals surface area contributed by atoms with Crippen LogP contribution in [0.3, 0.4) is 0 Å². The summed E-state index contributed by atoms with van der Waals surface area (Å²) in [4.78, 5) is 0. The molecule has 0 unspecified atom stereocenters. The number of benzene rings is 1. The Morgan fingerprint density at radius 3 is 2.50 bits per heavy atom. The molecule has 0 saturated carbocycles. The Kier molecular flexibility index (Phi) is 2.62. The molecule has 0 aliphatic carbocycles. The van der Waals surface area contributed by atoms with Gasteiger partial charge >= 0.3 is 0 Å². The van der Waals surface area contributed by atoms with Crippen molar-refractivity contribution < 1.29 is 0 Å². The fourth-order valence-corrected chi connectivity index (χ4v) is 2.65. The zero-order valence-electron chi connectivity index (χ0n) is 10.1. The third-order valence-corrected chi connectivity index (χ3v) is 3.50. The molecule has 86 valence electrons. The molecule has 1 aromatic carbocycles. The number of hydrogen-bond acceptors (Lipinski definition) is 1. The number of anilines is 1. The Morgan fingerprint density at radius 1 is 1.31 bits per heavy atom. The third-order valence-electron chi connectivity index (χ3n) is 3.17. The Bertz CT molecular complexity index is 508. The molecule has 2 N–H and O–H groups in total. The van der Waals surface area contributed by atoms with Crippen molar-refractivity contribution >= 4 is 28.2 Å². The highest BCUT2D eigenvalue weighted by atomic mass is 35.5. The molecule has 1 aromatic heterocycles. The number of rotatable bonds is 1. The van der Waals surface area contributed by atoms with Crippen LogP contribution in [0.25, 0.3) is 10.9 Å². The highest BCUT2D eigenvalue weighted by Crippen LogP contribution is 2.33. The zero-order valence-corrected chi connectivity index (χ0v) is 10.9. The van der Waals surface area contributed by atoms with Gasteiger partial charge in [-0.3, -0.25) is 0 Å². The summed E-state index contributed by atoms with van der Waals surface area (Å²) in [6, 6.07) is 3.92. The number of aromatic nitrogens is 1. The van der Waals surface area contributed by atoms with Crippen LogP contribution in [0.1, 0.15) is 31.0 Å². The highest BCUT2D eigenvalue weighted by Gasteiger charge is 2.15. The Hall–Kier alpha value is -1.15. The SMILES string of the molecule is Cc1c(C(C)C)n(C)c2cc(Cl)c(N)cc12. The molecular formula is C13H17ClN2. The van der Waals surface area contributed by atoms with Gasteiger partial charge in [-0.15, -0.1) is 0 Å². The summed E-state index contributed by atoms with van der Waals surface area (Å²) in [7, 11) is 2.08. The lowest BCUT2D eigenvalue weighted by atomic mass is 10.0. The summed E-state index contributed by atoms with van der Waals surface area (Å²) in [5.41, 5.74) is 10.3. The van der Waals surface area contributed by atoms with Gasteiger partial charge in [-0.05, 0) is 30.5 Å². The number of halogens is 1. The van der Waals surface area contributed by atoms with Gasteiger partial charge in [-0.2, -0.15) is 0 Å². The van der Waals surface area contributed by atoms with Gasteiger partial charge in [0.05, 0.1) is 10.7 Å². The van der Waals surface area contributed by atoms with Crippen LogP contribution >= 0.6 is 11.6 Å². The maximum atomic E-state index is 6.06. The molecule has 0 radical (unpaired) electrons. The molecule has 1 heterocycles. The van der Waals surface area contributed by atoms with Gasteiger partial charge in [-0.1, -0.05) is 25.4 Å². The number of fused-ring (bicyclic) bond motifs is 1. The number of hydrogen-bond donors (Lipinski definition) is 1. The largest absolute Gasteiger partial charge is 0.398 e. The molecule has 0 aliphatic heterocycles. The first-order valence-electron chi connectivity index (χ1n) is 5.47. The second-order valence-electron chi connectivity index (χ2n) is 4.61. The molecule has 2 aromatic rings. The molecule has 0 saturated heterocycles. The van der Waals surface area contributed by atoms with Crippen LogP contribution in [0.2, 0.25) is 5.02 Å². The molecule has 0 amide bonds. The molecule has 0 atom stereocenters. The van der Waals surface area contributed by atoms with E-state index in [-0.39, 0.29) is 0 Å². The number of nitrogens with zero attached hydrogens (tertiary/aromatic N) is 1. The van der Waals surface area contributed by atoms with Gasteiger partial charge in [0.1, 0.15) is 0 Å². The topological polar surface area (TPSA) is 30.9 Å². The van der Waals surface area contributed by atoms with E-state index in [4.69, 9.17) is 17.3 Å². The van der Waals surface area contributed by atoms with Crippen molar-refractivity contribution in [3.63, 3.8) is 0 Å². The predicted octanol–water partition coefficient (Wildman–Crippen LogP) is 3.85. The minimum atomic E-state index is 0.498. The van der Waals surface area contributed by atoms with Gasteiger partial charge in [0.2, 0.25) is 0 Å². The van der Waals surface area contributed by atoms with Crippen LogP contribution in [0.15, 0.2) is 12.1 Å². The van der Waals surface area contributed by atoms with E-state index < -0.39 is 0 Å². The summed E-state index contributed by atoms with van der Waals surface area (Å²) < 4.78 is 2.21. The maximum absolute atomic E-state index is 6.06. The van der Waals surface area contributed by atoms with Crippen molar-refractivity contribution in [1.82, 2.24) is 4.57 Å². The fourth-order valence-electron chi connectivity index (χ4n) is 2.50. The van der Waals surface area contributed by atoms with Crippen LogP contribution in [-0.4, -0.2) is 4.57 Å². The quantitative estimate of drug-likeness (QED) is 0.750. The average molecular weight is 237 g/mol. The molecule has 16 heavy (non-hydrogen) atoms. The van der Waals surface area contributed by atoms with Crippen LogP contribution in [0.4, 0.5) is 5.69 Å². The summed E-state index contributed by atoms with van der Waals surface area (Å²) in [6.07, 6.45) is 0. The van der Waals surface area contributed by atoms with Crippen molar-refractivity contribution in [2.24, 2.45) is 7.05 Å². The van der Waals surface area contributed by atoms with Crippen molar-refractivity contribution in [2.75, 3.05) is 5.73 Å². The van der Waals surface area contributed by atoms with Crippen molar-refractivity contribution in [1.29, 1.82) is 0 Å². The minimum absolute atomic E-state index is 0.498. The second kappa shape index (κ2) is 3.70. The van der Waals surface area contributed by atoms with Crippen molar-refractivity contribution in [2.45, 2.75) is 26.7 Å². The normalized spacial score (nSPS) is 11.6. The Morgan fingerprint density at radius 2 is 1.94 bits per heavy atom. The lowest BCUT2D eigenvalue weighted by Crippen LogP contribution is -1.99. The van der Waals surface area contributed by atoms with Crippen molar-refractivity contribution in [3.05, 3.63) is 28.4 Å². The van der Waals surface area contributed by atoms with Crippen LogP contribution in [0, 0.1) is 6.92 Å². The third kappa shape index (κ3) is 1.49. The molecule has 0 aliphatic rings. The summed E-state index contributed by atoms with van der Waals surface area (Å²) in [5, 5.41) is 1.83. The fraction of sp³-hybridized carbons (Fsp3) is 0.385. The van der Waals surface area contributed by atoms with Gasteiger partial charge < -0.3 is 10.3 Å². The molecule has 3 heteroatoms. The van der Waals surface area contributed by atoms with E-state index in [9.17, 15) is 0 Å². The first kappa shape index (κ1) is 11.3. The lowest BCUT2D eigenvalue weighted by molar-refractivity contribution is 0.748. The van der Waals surface area contributed by atoms with Gasteiger partial charge in [0.25, 0.3) is 0 Å². The minimum Gasteiger partial charge on any atom is -0.398 e. The monoisotopic (exact) mass is 236 g/mol. The summed E-state index contributed by atoms with van der Waals surface area (Å²) >= 11 is 6.06. The molecule has 0 spiro atoms. The molecule has 2 nitrogen and oxygen atoms in total. The van der Waals surface area contributed by atoms with Gasteiger partial charge in [0, 0.05) is 23.6 Å². The Labute approximate surface area is 101 Å².